The van der Waals surface area contributed by atoms with Crippen LogP contribution in [0, 0.1) is 0 Å². The molecule has 1 unspecified atom stereocenters. The van der Waals surface area contributed by atoms with E-state index in [1.807, 2.05) is 13.8 Å². The van der Waals surface area contributed by atoms with Gasteiger partial charge in [-0.1, -0.05) is 6.07 Å². The Morgan fingerprint density at radius 3 is 2.62 bits per heavy atom. The number of hydrogen-bond donors (Lipinski definition) is 2. The summed E-state index contributed by atoms with van der Waals surface area (Å²) in [5, 5.41) is 2.78. The number of rotatable bonds is 4. The summed E-state index contributed by atoms with van der Waals surface area (Å²) < 4.78 is 5.47. The molecular weight excluding hydrogens is 204 g/mol. The lowest BCUT2D eigenvalue weighted by atomic mass is 10.3. The van der Waals surface area contributed by atoms with Gasteiger partial charge >= 0.3 is 0 Å². The number of ether oxygens (including phenoxy) is 1. The van der Waals surface area contributed by atoms with Crippen LogP contribution in [-0.2, 0) is 4.79 Å². The molecule has 0 aliphatic heterocycles. The van der Waals surface area contributed by atoms with Crippen molar-refractivity contribution in [1.82, 2.24) is 5.32 Å². The van der Waals surface area contributed by atoms with Crippen molar-refractivity contribution in [3.8, 4) is 5.75 Å². The molecule has 0 aliphatic rings. The van der Waals surface area contributed by atoms with Crippen LogP contribution in [-0.4, -0.2) is 18.1 Å². The molecule has 1 atom stereocenters. The minimum Gasteiger partial charge on any atom is -0.481 e. The van der Waals surface area contributed by atoms with E-state index in [1.165, 1.54) is 0 Å². The number of carbonyl (C=O) groups excluding carboxylic acids is 1. The van der Waals surface area contributed by atoms with Crippen LogP contribution in [0.1, 0.15) is 20.8 Å². The first kappa shape index (κ1) is 12.4. The second-order valence-corrected chi connectivity index (χ2v) is 4.00. The smallest absolute Gasteiger partial charge is 0.260 e. The maximum Gasteiger partial charge on any atom is 0.260 e. The van der Waals surface area contributed by atoms with E-state index in [1.54, 1.807) is 31.2 Å². The van der Waals surface area contributed by atoms with Gasteiger partial charge in [0.05, 0.1) is 0 Å². The van der Waals surface area contributed by atoms with Crippen molar-refractivity contribution in [2.45, 2.75) is 32.9 Å². The highest BCUT2D eigenvalue weighted by atomic mass is 16.5. The van der Waals surface area contributed by atoms with Gasteiger partial charge in [0.15, 0.2) is 6.10 Å². The molecule has 0 saturated heterocycles. The van der Waals surface area contributed by atoms with Crippen LogP contribution < -0.4 is 15.8 Å². The van der Waals surface area contributed by atoms with Crippen molar-refractivity contribution in [2.75, 3.05) is 5.73 Å². The molecule has 0 fully saturated rings. The molecule has 88 valence electrons. The van der Waals surface area contributed by atoms with Gasteiger partial charge in [0.25, 0.3) is 5.91 Å². The van der Waals surface area contributed by atoms with Crippen LogP contribution >= 0.6 is 0 Å². The summed E-state index contributed by atoms with van der Waals surface area (Å²) in [6.45, 7) is 5.52. The summed E-state index contributed by atoms with van der Waals surface area (Å²) in [5.41, 5.74) is 6.23. The normalized spacial score (nSPS) is 12.2. The van der Waals surface area contributed by atoms with Gasteiger partial charge in [-0.05, 0) is 32.9 Å². The highest BCUT2D eigenvalue weighted by Gasteiger charge is 2.15. The summed E-state index contributed by atoms with van der Waals surface area (Å²) in [7, 11) is 0. The summed E-state index contributed by atoms with van der Waals surface area (Å²) >= 11 is 0. The summed E-state index contributed by atoms with van der Waals surface area (Å²) in [5.74, 6) is 0.476. The molecule has 0 bridgehead atoms. The molecule has 0 radical (unpaired) electrons. The third-order valence-electron chi connectivity index (χ3n) is 1.97. The number of nitrogens with two attached hydrogens (primary N) is 1. The van der Waals surface area contributed by atoms with Gasteiger partial charge in [0, 0.05) is 17.8 Å². The van der Waals surface area contributed by atoms with Crippen LogP contribution in [0.4, 0.5) is 5.69 Å². The predicted molar refractivity (Wildman–Crippen MR) is 64.2 cm³/mol. The second kappa shape index (κ2) is 5.39. The van der Waals surface area contributed by atoms with E-state index in [9.17, 15) is 4.79 Å². The average Bonchev–Trinajstić information content (AvgIpc) is 2.16. The fraction of sp³-hybridized carbons (Fsp3) is 0.417. The summed E-state index contributed by atoms with van der Waals surface area (Å²) in [4.78, 5) is 11.6. The Kier molecular flexibility index (Phi) is 4.17. The number of benzene rings is 1. The van der Waals surface area contributed by atoms with E-state index >= 15 is 0 Å². The van der Waals surface area contributed by atoms with E-state index in [2.05, 4.69) is 5.32 Å². The molecule has 3 N–H and O–H groups in total. The number of nitrogen functional groups attached to an aromatic ring is 1. The van der Waals surface area contributed by atoms with E-state index in [0.29, 0.717) is 11.4 Å². The molecule has 1 aromatic carbocycles. The van der Waals surface area contributed by atoms with Gasteiger partial charge in [-0.25, -0.2) is 0 Å². The maximum atomic E-state index is 11.6. The van der Waals surface area contributed by atoms with Crippen molar-refractivity contribution in [2.24, 2.45) is 0 Å². The maximum absolute atomic E-state index is 11.6. The number of nitrogens with one attached hydrogen (secondary N) is 1. The Labute approximate surface area is 95.8 Å². The topological polar surface area (TPSA) is 64.3 Å². The molecule has 0 spiro atoms. The van der Waals surface area contributed by atoms with E-state index in [0.717, 1.165) is 0 Å². The molecule has 0 saturated carbocycles. The lowest BCUT2D eigenvalue weighted by molar-refractivity contribution is -0.127. The van der Waals surface area contributed by atoms with E-state index in [4.69, 9.17) is 10.5 Å². The fourth-order valence-electron chi connectivity index (χ4n) is 1.25. The van der Waals surface area contributed by atoms with Crippen LogP contribution in [0.15, 0.2) is 24.3 Å². The third-order valence-corrected chi connectivity index (χ3v) is 1.97. The first-order chi connectivity index (χ1) is 7.49. The van der Waals surface area contributed by atoms with Gasteiger partial charge in [-0.3, -0.25) is 4.79 Å². The molecule has 0 aromatic heterocycles. The van der Waals surface area contributed by atoms with Crippen LogP contribution in [0.25, 0.3) is 0 Å². The fourth-order valence-corrected chi connectivity index (χ4v) is 1.25. The Bertz CT molecular complexity index is 364. The molecule has 1 amide bonds. The van der Waals surface area contributed by atoms with Gasteiger partial charge < -0.3 is 15.8 Å². The van der Waals surface area contributed by atoms with Gasteiger partial charge in [0.1, 0.15) is 5.75 Å². The molecule has 4 nitrogen and oxygen atoms in total. The van der Waals surface area contributed by atoms with Crippen molar-refractivity contribution >= 4 is 11.6 Å². The van der Waals surface area contributed by atoms with E-state index in [-0.39, 0.29) is 11.9 Å². The molecule has 1 rings (SSSR count). The predicted octanol–water partition coefficient (Wildman–Crippen LogP) is 1.56. The van der Waals surface area contributed by atoms with Crippen molar-refractivity contribution in [3.63, 3.8) is 0 Å². The Hall–Kier alpha value is -1.71. The summed E-state index contributed by atoms with van der Waals surface area (Å²) in [6.07, 6.45) is -0.524. The van der Waals surface area contributed by atoms with Crippen molar-refractivity contribution in [3.05, 3.63) is 24.3 Å². The quantitative estimate of drug-likeness (QED) is 0.760. The SMILES string of the molecule is CC(C)NC(=O)C(C)Oc1cccc(N)c1. The Balaban J connectivity index is 2.57. The molecule has 0 heterocycles. The first-order valence-electron chi connectivity index (χ1n) is 5.31. The lowest BCUT2D eigenvalue weighted by Crippen LogP contribution is -2.40. The molecule has 1 aromatic rings. The highest BCUT2D eigenvalue weighted by Crippen LogP contribution is 2.15. The molecule has 0 aliphatic carbocycles. The zero-order chi connectivity index (χ0) is 12.1. The van der Waals surface area contributed by atoms with Crippen LogP contribution in [0.5, 0.6) is 5.75 Å². The zero-order valence-corrected chi connectivity index (χ0v) is 9.86. The first-order valence-corrected chi connectivity index (χ1v) is 5.31. The number of carbonyl (C=O) groups is 1. The minimum absolute atomic E-state index is 0.111. The second-order valence-electron chi connectivity index (χ2n) is 4.00. The number of hydrogen-bond acceptors (Lipinski definition) is 3. The monoisotopic (exact) mass is 222 g/mol. The minimum atomic E-state index is -0.524. The third kappa shape index (κ3) is 3.81. The van der Waals surface area contributed by atoms with Gasteiger partial charge in [0.2, 0.25) is 0 Å². The van der Waals surface area contributed by atoms with Crippen LogP contribution in [0.3, 0.4) is 0 Å². The highest BCUT2D eigenvalue weighted by molar-refractivity contribution is 5.80. The van der Waals surface area contributed by atoms with Gasteiger partial charge in [-0.2, -0.15) is 0 Å². The Morgan fingerprint density at radius 1 is 1.38 bits per heavy atom. The van der Waals surface area contributed by atoms with Crippen LogP contribution in [0.2, 0.25) is 0 Å². The largest absolute Gasteiger partial charge is 0.481 e. The molecular formula is C12H18N2O2. The average molecular weight is 222 g/mol. The molecule has 16 heavy (non-hydrogen) atoms. The number of anilines is 1. The summed E-state index contributed by atoms with van der Waals surface area (Å²) in [6, 6.07) is 7.14. The molecule has 4 heteroatoms. The van der Waals surface area contributed by atoms with Crippen molar-refractivity contribution < 1.29 is 9.53 Å². The Morgan fingerprint density at radius 2 is 2.06 bits per heavy atom. The van der Waals surface area contributed by atoms with E-state index < -0.39 is 6.10 Å². The van der Waals surface area contributed by atoms with Crippen molar-refractivity contribution in [1.29, 1.82) is 0 Å². The standard InChI is InChI=1S/C12H18N2O2/c1-8(2)14-12(15)9(3)16-11-6-4-5-10(13)7-11/h4-9H,13H2,1-3H3,(H,14,15). The zero-order valence-electron chi connectivity index (χ0n) is 9.86. The lowest BCUT2D eigenvalue weighted by Gasteiger charge is -2.16. The van der Waals surface area contributed by atoms with Gasteiger partial charge in [-0.15, -0.1) is 0 Å². The number of amides is 1.